The second kappa shape index (κ2) is 8.84. The van der Waals surface area contributed by atoms with E-state index in [2.05, 4.69) is 5.32 Å². The van der Waals surface area contributed by atoms with Crippen LogP contribution in [-0.4, -0.2) is 65.8 Å². The number of alkyl carbamates (subject to hydrolysis) is 1. The second-order valence-electron chi connectivity index (χ2n) is 10.2. The quantitative estimate of drug-likeness (QED) is 0.528. The average molecular weight is 441 g/mol. The Kier molecular flexibility index (Phi) is 6.74. The minimum Gasteiger partial charge on any atom is -0.467 e. The molecule has 3 rings (SSSR count). The van der Waals surface area contributed by atoms with Crippen molar-refractivity contribution in [2.75, 3.05) is 7.11 Å². The molecule has 2 amide bonds. The van der Waals surface area contributed by atoms with Crippen molar-refractivity contribution >= 4 is 18.2 Å². The molecule has 2 unspecified atom stereocenters. The van der Waals surface area contributed by atoms with Gasteiger partial charge in [0.2, 0.25) is 0 Å². The Labute approximate surface area is 184 Å². The van der Waals surface area contributed by atoms with Crippen LogP contribution >= 0.6 is 0 Å². The van der Waals surface area contributed by atoms with E-state index in [9.17, 15) is 14.4 Å². The van der Waals surface area contributed by atoms with Crippen LogP contribution in [0.1, 0.15) is 73.1 Å². The first-order valence-electron chi connectivity index (χ1n) is 11.2. The van der Waals surface area contributed by atoms with Crippen LogP contribution in [0.4, 0.5) is 9.59 Å². The summed E-state index contributed by atoms with van der Waals surface area (Å²) in [6.45, 7) is 9.04. The summed E-state index contributed by atoms with van der Waals surface area (Å²) in [5.74, 6) is -0.185. The lowest BCUT2D eigenvalue weighted by Gasteiger charge is -2.37. The molecule has 31 heavy (non-hydrogen) atoms. The molecule has 0 aromatic heterocycles. The maximum Gasteiger partial charge on any atom is 0.412 e. The molecule has 3 fully saturated rings. The molecule has 2 aliphatic heterocycles. The van der Waals surface area contributed by atoms with Gasteiger partial charge in [0, 0.05) is 0 Å². The number of cyclic esters (lactones) is 1. The van der Waals surface area contributed by atoms with Crippen molar-refractivity contribution in [3.8, 4) is 0 Å². The SMILES string of the molecule is COC(=O)C1NC(=O)OC1[C@H]1OC(C)(C)N(C(=O)OC(C)(C)C)[C@H]1CC1CCCCC1. The minimum absolute atomic E-state index is 0.405. The van der Waals surface area contributed by atoms with Crippen LogP contribution in [0.5, 0.6) is 0 Å². The predicted molar refractivity (Wildman–Crippen MR) is 111 cm³/mol. The van der Waals surface area contributed by atoms with Gasteiger partial charge in [-0.25, -0.2) is 14.4 Å². The van der Waals surface area contributed by atoms with E-state index in [1.807, 2.05) is 20.8 Å². The lowest BCUT2D eigenvalue weighted by molar-refractivity contribution is -0.148. The van der Waals surface area contributed by atoms with Gasteiger partial charge in [0.25, 0.3) is 0 Å². The zero-order valence-corrected chi connectivity index (χ0v) is 19.4. The van der Waals surface area contributed by atoms with Gasteiger partial charge in [0.15, 0.2) is 12.1 Å². The minimum atomic E-state index is -0.998. The highest BCUT2D eigenvalue weighted by atomic mass is 16.6. The number of hydrogen-bond donors (Lipinski definition) is 1. The molecule has 3 aliphatic rings. The van der Waals surface area contributed by atoms with Crippen molar-refractivity contribution in [1.29, 1.82) is 0 Å². The van der Waals surface area contributed by atoms with E-state index in [0.29, 0.717) is 12.3 Å². The Bertz CT molecular complexity index is 696. The van der Waals surface area contributed by atoms with Crippen molar-refractivity contribution < 1.29 is 33.3 Å². The number of carbonyl (C=O) groups is 3. The molecule has 0 aromatic rings. The molecular weight excluding hydrogens is 404 g/mol. The van der Waals surface area contributed by atoms with Gasteiger partial charge in [-0.05, 0) is 47.0 Å². The molecule has 9 nitrogen and oxygen atoms in total. The molecule has 1 N–H and O–H groups in total. The number of hydrogen-bond acceptors (Lipinski definition) is 7. The molecule has 0 spiro atoms. The number of amides is 2. The summed E-state index contributed by atoms with van der Waals surface area (Å²) in [7, 11) is 1.26. The number of rotatable bonds is 4. The van der Waals surface area contributed by atoms with Gasteiger partial charge in [0.1, 0.15) is 17.4 Å². The van der Waals surface area contributed by atoms with Gasteiger partial charge in [-0.1, -0.05) is 32.1 Å². The monoisotopic (exact) mass is 440 g/mol. The van der Waals surface area contributed by atoms with Crippen molar-refractivity contribution in [3.63, 3.8) is 0 Å². The normalized spacial score (nSPS) is 31.2. The topological polar surface area (TPSA) is 103 Å². The summed E-state index contributed by atoms with van der Waals surface area (Å²) in [5.41, 5.74) is -1.67. The van der Waals surface area contributed by atoms with E-state index in [1.165, 1.54) is 13.5 Å². The van der Waals surface area contributed by atoms with Crippen LogP contribution in [0.25, 0.3) is 0 Å². The summed E-state index contributed by atoms with van der Waals surface area (Å²) in [4.78, 5) is 39.2. The first-order valence-corrected chi connectivity index (χ1v) is 11.2. The van der Waals surface area contributed by atoms with Gasteiger partial charge in [-0.3, -0.25) is 4.90 Å². The number of nitrogens with one attached hydrogen (secondary N) is 1. The van der Waals surface area contributed by atoms with Crippen LogP contribution in [-0.2, 0) is 23.7 Å². The van der Waals surface area contributed by atoms with Gasteiger partial charge in [0.05, 0.1) is 13.2 Å². The Hall–Kier alpha value is -2.03. The molecule has 0 radical (unpaired) electrons. The third-order valence-electron chi connectivity index (χ3n) is 6.23. The Balaban J connectivity index is 1.93. The smallest absolute Gasteiger partial charge is 0.412 e. The first-order chi connectivity index (χ1) is 14.4. The van der Waals surface area contributed by atoms with E-state index >= 15 is 0 Å². The van der Waals surface area contributed by atoms with Crippen LogP contribution < -0.4 is 5.32 Å². The molecule has 176 valence electrons. The molecule has 1 saturated carbocycles. The molecule has 1 aliphatic carbocycles. The Morgan fingerprint density at radius 3 is 2.39 bits per heavy atom. The molecular formula is C22H36N2O7. The van der Waals surface area contributed by atoms with Crippen LogP contribution in [0.15, 0.2) is 0 Å². The largest absolute Gasteiger partial charge is 0.467 e. The molecule has 0 aromatic carbocycles. The fourth-order valence-corrected chi connectivity index (χ4v) is 4.98. The summed E-state index contributed by atoms with van der Waals surface area (Å²) in [6.07, 6.45) is 3.61. The highest BCUT2D eigenvalue weighted by Gasteiger charge is 2.58. The molecule has 9 heteroatoms. The second-order valence-corrected chi connectivity index (χ2v) is 10.2. The number of carbonyl (C=O) groups excluding carboxylic acids is 3. The predicted octanol–water partition coefficient (Wildman–Crippen LogP) is 3.35. The highest BCUT2D eigenvalue weighted by Crippen LogP contribution is 2.42. The third kappa shape index (κ3) is 5.25. The van der Waals surface area contributed by atoms with Gasteiger partial charge in [-0.2, -0.15) is 0 Å². The summed E-state index contributed by atoms with van der Waals surface area (Å²) >= 11 is 0. The van der Waals surface area contributed by atoms with Crippen LogP contribution in [0.2, 0.25) is 0 Å². The fraction of sp³-hybridized carbons (Fsp3) is 0.864. The number of nitrogens with zero attached hydrogens (tertiary/aromatic N) is 1. The van der Waals surface area contributed by atoms with E-state index in [4.69, 9.17) is 18.9 Å². The fourth-order valence-electron chi connectivity index (χ4n) is 4.98. The molecule has 4 atom stereocenters. The maximum atomic E-state index is 13.2. The van der Waals surface area contributed by atoms with Crippen molar-refractivity contribution in [2.45, 2.75) is 109 Å². The van der Waals surface area contributed by atoms with Gasteiger partial charge in [-0.15, -0.1) is 0 Å². The summed E-state index contributed by atoms with van der Waals surface area (Å²) < 4.78 is 22.3. The third-order valence-corrected chi connectivity index (χ3v) is 6.23. The van der Waals surface area contributed by atoms with Crippen molar-refractivity contribution in [1.82, 2.24) is 10.2 Å². The number of esters is 1. The van der Waals surface area contributed by atoms with E-state index in [0.717, 1.165) is 25.7 Å². The lowest BCUT2D eigenvalue weighted by Crippen LogP contribution is -2.53. The number of methoxy groups -OCH3 is 1. The van der Waals surface area contributed by atoms with E-state index < -0.39 is 53.8 Å². The maximum absolute atomic E-state index is 13.2. The number of ether oxygens (including phenoxy) is 4. The van der Waals surface area contributed by atoms with Crippen LogP contribution in [0, 0.1) is 5.92 Å². The average Bonchev–Trinajstić information content (AvgIpc) is 3.17. The Morgan fingerprint density at radius 2 is 1.81 bits per heavy atom. The zero-order chi connectivity index (χ0) is 23.0. The first kappa shape index (κ1) is 23.6. The standard InChI is InChI=1S/C22H36N2O7/c1-21(2,3)31-20(27)24-14(12-13-10-8-7-9-11-13)16(30-22(24,4)5)17-15(18(25)28-6)23-19(26)29-17/h13-17H,7-12H2,1-6H3,(H,23,26)/t14-,15?,16-,17?/m0/s1. The van der Waals surface area contributed by atoms with Gasteiger partial charge >= 0.3 is 18.2 Å². The Morgan fingerprint density at radius 1 is 1.16 bits per heavy atom. The summed E-state index contributed by atoms with van der Waals surface area (Å²) in [6, 6.07) is -1.40. The van der Waals surface area contributed by atoms with Crippen molar-refractivity contribution in [3.05, 3.63) is 0 Å². The van der Waals surface area contributed by atoms with E-state index in [1.54, 1.807) is 18.7 Å². The molecule has 2 saturated heterocycles. The lowest BCUT2D eigenvalue weighted by atomic mass is 9.82. The molecule has 0 bridgehead atoms. The van der Waals surface area contributed by atoms with Crippen molar-refractivity contribution in [2.24, 2.45) is 5.92 Å². The van der Waals surface area contributed by atoms with Crippen LogP contribution in [0.3, 0.4) is 0 Å². The summed E-state index contributed by atoms with van der Waals surface area (Å²) in [5, 5.41) is 2.51. The highest BCUT2D eigenvalue weighted by molar-refractivity contribution is 5.85. The molecule has 2 heterocycles. The zero-order valence-electron chi connectivity index (χ0n) is 19.4. The van der Waals surface area contributed by atoms with Gasteiger partial charge < -0.3 is 24.3 Å². The van der Waals surface area contributed by atoms with E-state index in [-0.39, 0.29) is 0 Å².